The van der Waals surface area contributed by atoms with Crippen molar-refractivity contribution in [3.63, 3.8) is 0 Å². The lowest BCUT2D eigenvalue weighted by Gasteiger charge is -2.33. The second kappa shape index (κ2) is 9.39. The molecule has 1 amide bonds. The Balaban J connectivity index is 1.24. The molecule has 0 unspecified atom stereocenters. The zero-order chi connectivity index (χ0) is 20.9. The number of oxime groups is 1. The average molecular weight is 429 g/mol. The highest BCUT2D eigenvalue weighted by atomic mass is 35.5. The predicted molar refractivity (Wildman–Crippen MR) is 115 cm³/mol. The molecule has 30 heavy (non-hydrogen) atoms. The standard InChI is InChI=1S/C23H25ClN2O4/c1-28-21-4-2-3-16(14-21)13-18-15-22(30-25-18)23(27)26-11-9-20(10-12-26)29-19-7-5-17(24)6-8-19/h2-8,14,20,22H,9-13,15H2,1H3/t22-/m0/s1. The number of benzene rings is 2. The first kappa shape index (κ1) is 20.5. The van der Waals surface area contributed by atoms with E-state index in [1.807, 2.05) is 53.4 Å². The van der Waals surface area contributed by atoms with Crippen LogP contribution in [0.15, 0.2) is 53.7 Å². The fraction of sp³-hybridized carbons (Fsp3) is 0.391. The van der Waals surface area contributed by atoms with E-state index in [0.717, 1.165) is 35.6 Å². The van der Waals surface area contributed by atoms with Crippen molar-refractivity contribution in [2.45, 2.75) is 37.9 Å². The number of carbonyl (C=O) groups excluding carboxylic acids is 1. The summed E-state index contributed by atoms with van der Waals surface area (Å²) in [6.07, 6.45) is 2.32. The molecule has 2 heterocycles. The summed E-state index contributed by atoms with van der Waals surface area (Å²) < 4.78 is 11.3. The third-order valence-corrected chi connectivity index (χ3v) is 5.67. The van der Waals surface area contributed by atoms with Gasteiger partial charge >= 0.3 is 0 Å². The van der Waals surface area contributed by atoms with Crippen molar-refractivity contribution in [1.29, 1.82) is 0 Å². The second-order valence-electron chi connectivity index (χ2n) is 7.58. The molecular formula is C23H25ClN2O4. The van der Waals surface area contributed by atoms with Gasteiger partial charge in [-0.1, -0.05) is 28.9 Å². The third-order valence-electron chi connectivity index (χ3n) is 5.42. The topological polar surface area (TPSA) is 60.4 Å². The number of methoxy groups -OCH3 is 1. The van der Waals surface area contributed by atoms with Gasteiger partial charge in [0, 0.05) is 43.8 Å². The number of rotatable bonds is 6. The first-order valence-electron chi connectivity index (χ1n) is 10.2. The molecule has 2 aliphatic heterocycles. The third kappa shape index (κ3) is 5.05. The Morgan fingerprint density at radius 3 is 2.67 bits per heavy atom. The van der Waals surface area contributed by atoms with Crippen LogP contribution in [0.3, 0.4) is 0 Å². The number of nitrogens with zero attached hydrogens (tertiary/aromatic N) is 2. The molecule has 2 aromatic carbocycles. The molecule has 0 bridgehead atoms. The molecule has 1 fully saturated rings. The number of halogens is 1. The molecule has 0 spiro atoms. The van der Waals surface area contributed by atoms with Gasteiger partial charge in [-0.15, -0.1) is 0 Å². The molecule has 0 N–H and O–H groups in total. The molecule has 0 radical (unpaired) electrons. The van der Waals surface area contributed by atoms with Crippen LogP contribution < -0.4 is 9.47 Å². The highest BCUT2D eigenvalue weighted by molar-refractivity contribution is 6.30. The SMILES string of the molecule is COc1cccc(CC2=NO[C@H](C(=O)N3CCC(Oc4ccc(Cl)cc4)CC3)C2)c1. The van der Waals surface area contributed by atoms with Crippen LogP contribution in [0.2, 0.25) is 5.02 Å². The maximum Gasteiger partial charge on any atom is 0.266 e. The molecule has 6 nitrogen and oxygen atoms in total. The second-order valence-corrected chi connectivity index (χ2v) is 8.02. The summed E-state index contributed by atoms with van der Waals surface area (Å²) >= 11 is 5.91. The van der Waals surface area contributed by atoms with Gasteiger partial charge in [0.1, 0.15) is 17.6 Å². The summed E-state index contributed by atoms with van der Waals surface area (Å²) in [6, 6.07) is 15.2. The van der Waals surface area contributed by atoms with Crippen molar-refractivity contribution < 1.29 is 19.1 Å². The molecular weight excluding hydrogens is 404 g/mol. The van der Waals surface area contributed by atoms with Gasteiger partial charge < -0.3 is 19.2 Å². The van der Waals surface area contributed by atoms with E-state index in [2.05, 4.69) is 5.16 Å². The van der Waals surface area contributed by atoms with Gasteiger partial charge in [-0.05, 0) is 42.0 Å². The first-order valence-corrected chi connectivity index (χ1v) is 10.5. The van der Waals surface area contributed by atoms with E-state index in [-0.39, 0.29) is 12.0 Å². The average Bonchev–Trinajstić information content (AvgIpc) is 3.24. The van der Waals surface area contributed by atoms with Crippen LogP contribution in [-0.4, -0.2) is 48.9 Å². The fourth-order valence-electron chi connectivity index (χ4n) is 3.78. The normalized spacial score (nSPS) is 19.2. The summed E-state index contributed by atoms with van der Waals surface area (Å²) in [5.41, 5.74) is 1.97. The molecule has 0 aliphatic carbocycles. The van der Waals surface area contributed by atoms with Crippen molar-refractivity contribution in [2.24, 2.45) is 5.16 Å². The number of piperidine rings is 1. The lowest BCUT2D eigenvalue weighted by molar-refractivity contribution is -0.143. The minimum absolute atomic E-state index is 0.00401. The summed E-state index contributed by atoms with van der Waals surface area (Å²) in [7, 11) is 1.65. The van der Waals surface area contributed by atoms with Gasteiger partial charge in [0.25, 0.3) is 5.91 Å². The van der Waals surface area contributed by atoms with Crippen LogP contribution in [0.1, 0.15) is 24.8 Å². The fourth-order valence-corrected chi connectivity index (χ4v) is 3.91. The number of hydrogen-bond acceptors (Lipinski definition) is 5. The van der Waals surface area contributed by atoms with Gasteiger partial charge in [-0.2, -0.15) is 0 Å². The van der Waals surface area contributed by atoms with Gasteiger partial charge in [-0.3, -0.25) is 4.79 Å². The molecule has 0 saturated carbocycles. The summed E-state index contributed by atoms with van der Waals surface area (Å²) in [5, 5.41) is 4.84. The van der Waals surface area contributed by atoms with Gasteiger partial charge in [0.05, 0.1) is 12.8 Å². The highest BCUT2D eigenvalue weighted by Gasteiger charge is 2.34. The monoisotopic (exact) mass is 428 g/mol. The molecule has 0 aromatic heterocycles. The number of amides is 1. The number of ether oxygens (including phenoxy) is 2. The van der Waals surface area contributed by atoms with Gasteiger partial charge in [-0.25, -0.2) is 0 Å². The number of carbonyl (C=O) groups is 1. The molecule has 1 atom stereocenters. The van der Waals surface area contributed by atoms with Crippen LogP contribution in [0.25, 0.3) is 0 Å². The maximum atomic E-state index is 12.9. The van der Waals surface area contributed by atoms with Crippen molar-refractivity contribution in [1.82, 2.24) is 4.90 Å². The molecule has 1 saturated heterocycles. The Morgan fingerprint density at radius 1 is 1.17 bits per heavy atom. The van der Waals surface area contributed by atoms with E-state index in [9.17, 15) is 4.79 Å². The van der Waals surface area contributed by atoms with Crippen LogP contribution >= 0.6 is 11.6 Å². The van der Waals surface area contributed by atoms with Crippen molar-refractivity contribution in [3.8, 4) is 11.5 Å². The maximum absolute atomic E-state index is 12.9. The van der Waals surface area contributed by atoms with Crippen LogP contribution in [0, 0.1) is 0 Å². The van der Waals surface area contributed by atoms with Gasteiger partial charge in [0.15, 0.2) is 0 Å². The zero-order valence-corrected chi connectivity index (χ0v) is 17.7. The van der Waals surface area contributed by atoms with E-state index in [4.69, 9.17) is 25.9 Å². The Hall–Kier alpha value is -2.73. The van der Waals surface area contributed by atoms with E-state index >= 15 is 0 Å². The molecule has 4 rings (SSSR count). The molecule has 7 heteroatoms. The highest BCUT2D eigenvalue weighted by Crippen LogP contribution is 2.23. The van der Waals surface area contributed by atoms with E-state index in [1.54, 1.807) is 7.11 Å². The van der Waals surface area contributed by atoms with Crippen molar-refractivity contribution in [3.05, 3.63) is 59.1 Å². The smallest absolute Gasteiger partial charge is 0.266 e. The Labute approximate surface area is 181 Å². The first-order chi connectivity index (χ1) is 14.6. The lowest BCUT2D eigenvalue weighted by Crippen LogP contribution is -2.46. The molecule has 2 aliphatic rings. The van der Waals surface area contributed by atoms with E-state index in [0.29, 0.717) is 31.0 Å². The minimum Gasteiger partial charge on any atom is -0.497 e. The number of likely N-dealkylation sites (tertiary alicyclic amines) is 1. The van der Waals surface area contributed by atoms with Crippen LogP contribution in [0.5, 0.6) is 11.5 Å². The molecule has 2 aromatic rings. The predicted octanol–water partition coefficient (Wildman–Crippen LogP) is 4.11. The van der Waals surface area contributed by atoms with E-state index < -0.39 is 6.10 Å². The van der Waals surface area contributed by atoms with E-state index in [1.165, 1.54) is 0 Å². The zero-order valence-electron chi connectivity index (χ0n) is 16.9. The van der Waals surface area contributed by atoms with Crippen LogP contribution in [0.4, 0.5) is 0 Å². The molecule has 158 valence electrons. The summed E-state index contributed by atoms with van der Waals surface area (Å²) in [5.74, 6) is 1.62. The summed E-state index contributed by atoms with van der Waals surface area (Å²) in [6.45, 7) is 1.31. The Bertz CT molecular complexity index is 908. The largest absolute Gasteiger partial charge is 0.497 e. The Morgan fingerprint density at radius 2 is 1.93 bits per heavy atom. The van der Waals surface area contributed by atoms with Crippen molar-refractivity contribution in [2.75, 3.05) is 20.2 Å². The quantitative estimate of drug-likeness (QED) is 0.694. The van der Waals surface area contributed by atoms with Crippen molar-refractivity contribution >= 4 is 23.2 Å². The summed E-state index contributed by atoms with van der Waals surface area (Å²) in [4.78, 5) is 20.2. The Kier molecular flexibility index (Phi) is 6.43. The number of hydrogen-bond donors (Lipinski definition) is 0. The lowest BCUT2D eigenvalue weighted by atomic mass is 10.0. The van der Waals surface area contributed by atoms with Crippen LogP contribution in [-0.2, 0) is 16.1 Å². The van der Waals surface area contributed by atoms with Gasteiger partial charge in [0.2, 0.25) is 6.10 Å². The minimum atomic E-state index is -0.528.